The van der Waals surface area contributed by atoms with Gasteiger partial charge in [-0.25, -0.2) is 8.42 Å². The van der Waals surface area contributed by atoms with E-state index >= 15 is 0 Å². The van der Waals surface area contributed by atoms with Gasteiger partial charge in [0.25, 0.3) is 0 Å². The van der Waals surface area contributed by atoms with Crippen molar-refractivity contribution in [2.75, 3.05) is 26.2 Å². The second kappa shape index (κ2) is 7.59. The number of aliphatic carboxylic acids is 1. The molecular weight excluding hydrogens is 372 g/mol. The fraction of sp³-hybridized carbons (Fsp3) is 0.706. The molecule has 1 aromatic heterocycles. The van der Waals surface area contributed by atoms with Gasteiger partial charge in [0.1, 0.15) is 4.90 Å². The molecular formula is C17H26N4O5S. The molecule has 10 heteroatoms. The molecule has 0 bridgehead atoms. The van der Waals surface area contributed by atoms with Crippen molar-refractivity contribution in [1.82, 2.24) is 19.4 Å². The zero-order valence-corrected chi connectivity index (χ0v) is 16.5. The average Bonchev–Trinajstić information content (AvgIpc) is 3.00. The Morgan fingerprint density at radius 2 is 1.78 bits per heavy atom. The summed E-state index contributed by atoms with van der Waals surface area (Å²) in [5.74, 6) is -2.00. The molecule has 2 fully saturated rings. The minimum Gasteiger partial charge on any atom is -0.481 e. The van der Waals surface area contributed by atoms with Crippen LogP contribution in [0.25, 0.3) is 0 Å². The number of carbonyl (C=O) groups is 2. The van der Waals surface area contributed by atoms with Crippen LogP contribution in [0.15, 0.2) is 4.90 Å². The molecule has 1 aromatic rings. The first-order valence-electron chi connectivity index (χ1n) is 9.25. The smallest absolute Gasteiger partial charge is 0.308 e. The summed E-state index contributed by atoms with van der Waals surface area (Å²) >= 11 is 0. The third-order valence-electron chi connectivity index (χ3n) is 5.47. The maximum atomic E-state index is 13.0. The Morgan fingerprint density at radius 3 is 2.41 bits per heavy atom. The van der Waals surface area contributed by atoms with Crippen molar-refractivity contribution >= 4 is 21.9 Å². The van der Waals surface area contributed by atoms with E-state index in [0.29, 0.717) is 50.2 Å². The number of carboxylic acids is 1. The zero-order chi connectivity index (χ0) is 19.8. The summed E-state index contributed by atoms with van der Waals surface area (Å²) in [5.41, 5.74) is 0.905. The minimum atomic E-state index is -3.73. The SMILES string of the molecule is Cc1n[nH]c(C)c1S(=O)(=O)N1CCCC(C(=O)N2CCCC(C(=O)O)C2)C1. The third-order valence-corrected chi connectivity index (χ3v) is 7.60. The lowest BCUT2D eigenvalue weighted by Gasteiger charge is -2.37. The van der Waals surface area contributed by atoms with Gasteiger partial charge in [-0.1, -0.05) is 0 Å². The second-order valence-electron chi connectivity index (χ2n) is 7.43. The number of aromatic amines is 1. The maximum absolute atomic E-state index is 13.0. The standard InChI is InChI=1S/C17H26N4O5S/c1-11-15(12(2)19-18-11)27(25,26)21-8-4-5-13(10-21)16(22)20-7-3-6-14(9-20)17(23)24/h13-14H,3-10H2,1-2H3,(H,18,19)(H,23,24). The third kappa shape index (κ3) is 3.86. The molecule has 0 saturated carbocycles. The number of hydrogen-bond donors (Lipinski definition) is 2. The second-order valence-corrected chi connectivity index (χ2v) is 9.30. The van der Waals surface area contributed by atoms with Crippen molar-refractivity contribution in [3.05, 3.63) is 11.4 Å². The number of piperidine rings is 2. The van der Waals surface area contributed by atoms with Crippen LogP contribution in [-0.2, 0) is 19.6 Å². The van der Waals surface area contributed by atoms with E-state index in [1.165, 1.54) is 4.31 Å². The molecule has 2 N–H and O–H groups in total. The molecule has 27 heavy (non-hydrogen) atoms. The molecule has 0 aliphatic carbocycles. The van der Waals surface area contributed by atoms with Gasteiger partial charge >= 0.3 is 5.97 Å². The highest BCUT2D eigenvalue weighted by Crippen LogP contribution is 2.28. The number of aryl methyl sites for hydroxylation is 2. The van der Waals surface area contributed by atoms with E-state index in [9.17, 15) is 23.1 Å². The topological polar surface area (TPSA) is 124 Å². The monoisotopic (exact) mass is 398 g/mol. The van der Waals surface area contributed by atoms with Gasteiger partial charge in [0.15, 0.2) is 0 Å². The fourth-order valence-electron chi connectivity index (χ4n) is 4.05. The van der Waals surface area contributed by atoms with Crippen molar-refractivity contribution in [3.8, 4) is 0 Å². The highest BCUT2D eigenvalue weighted by Gasteiger charge is 2.38. The van der Waals surface area contributed by atoms with Crippen LogP contribution in [0, 0.1) is 25.7 Å². The van der Waals surface area contributed by atoms with Gasteiger partial charge in [0.05, 0.1) is 23.2 Å². The van der Waals surface area contributed by atoms with Gasteiger partial charge in [-0.05, 0) is 39.5 Å². The molecule has 3 heterocycles. The molecule has 0 aromatic carbocycles. The number of nitrogens with zero attached hydrogens (tertiary/aromatic N) is 3. The Balaban J connectivity index is 1.74. The van der Waals surface area contributed by atoms with Crippen molar-refractivity contribution < 1.29 is 23.1 Å². The molecule has 0 radical (unpaired) electrons. The lowest BCUT2D eigenvalue weighted by molar-refractivity contribution is -0.147. The first kappa shape index (κ1) is 19.8. The molecule has 9 nitrogen and oxygen atoms in total. The number of sulfonamides is 1. The van der Waals surface area contributed by atoms with Gasteiger partial charge in [-0.2, -0.15) is 9.40 Å². The summed E-state index contributed by atoms with van der Waals surface area (Å²) < 4.78 is 27.4. The Morgan fingerprint density at radius 1 is 1.11 bits per heavy atom. The summed E-state index contributed by atoms with van der Waals surface area (Å²) in [7, 11) is -3.73. The predicted molar refractivity (Wildman–Crippen MR) is 96.5 cm³/mol. The van der Waals surface area contributed by atoms with Gasteiger partial charge in [0.2, 0.25) is 15.9 Å². The fourth-order valence-corrected chi connectivity index (χ4v) is 5.90. The molecule has 3 rings (SSSR count). The number of amides is 1. The van der Waals surface area contributed by atoms with E-state index in [1.807, 2.05) is 0 Å². The van der Waals surface area contributed by atoms with Gasteiger partial charge < -0.3 is 10.0 Å². The Kier molecular flexibility index (Phi) is 5.57. The van der Waals surface area contributed by atoms with Crippen molar-refractivity contribution in [1.29, 1.82) is 0 Å². The first-order chi connectivity index (χ1) is 12.7. The van der Waals surface area contributed by atoms with Crippen LogP contribution in [0.1, 0.15) is 37.1 Å². The molecule has 2 aliphatic rings. The van der Waals surface area contributed by atoms with Gasteiger partial charge in [-0.15, -0.1) is 0 Å². The lowest BCUT2D eigenvalue weighted by atomic mass is 9.94. The minimum absolute atomic E-state index is 0.124. The molecule has 2 saturated heterocycles. The van der Waals surface area contributed by atoms with E-state index in [-0.39, 0.29) is 23.9 Å². The van der Waals surface area contributed by atoms with E-state index in [0.717, 1.165) is 0 Å². The van der Waals surface area contributed by atoms with Crippen LogP contribution >= 0.6 is 0 Å². The van der Waals surface area contributed by atoms with Crippen molar-refractivity contribution in [2.24, 2.45) is 11.8 Å². The van der Waals surface area contributed by atoms with Gasteiger partial charge in [-0.3, -0.25) is 14.7 Å². The lowest BCUT2D eigenvalue weighted by Crippen LogP contribution is -2.50. The summed E-state index contributed by atoms with van der Waals surface area (Å²) in [5, 5.41) is 15.9. The highest BCUT2D eigenvalue weighted by atomic mass is 32.2. The Bertz CT molecular complexity index is 815. The molecule has 2 aliphatic heterocycles. The number of carboxylic acid groups (broad SMARTS) is 1. The van der Waals surface area contributed by atoms with E-state index in [2.05, 4.69) is 10.2 Å². The van der Waals surface area contributed by atoms with Crippen molar-refractivity contribution in [2.45, 2.75) is 44.4 Å². The highest BCUT2D eigenvalue weighted by molar-refractivity contribution is 7.89. The van der Waals surface area contributed by atoms with E-state index in [4.69, 9.17) is 0 Å². The van der Waals surface area contributed by atoms with Crippen LogP contribution in [-0.4, -0.2) is 71.0 Å². The Hall–Kier alpha value is -1.94. The summed E-state index contributed by atoms with van der Waals surface area (Å²) in [6, 6.07) is 0. The van der Waals surface area contributed by atoms with E-state index in [1.54, 1.807) is 18.7 Å². The van der Waals surface area contributed by atoms with Crippen LogP contribution in [0.2, 0.25) is 0 Å². The summed E-state index contributed by atoms with van der Waals surface area (Å²) in [6.45, 7) is 4.54. The molecule has 150 valence electrons. The van der Waals surface area contributed by atoms with Gasteiger partial charge in [0, 0.05) is 26.2 Å². The normalized spacial score (nSPS) is 24.7. The quantitative estimate of drug-likeness (QED) is 0.771. The van der Waals surface area contributed by atoms with Crippen LogP contribution < -0.4 is 0 Å². The molecule has 2 unspecified atom stereocenters. The maximum Gasteiger partial charge on any atom is 0.308 e. The molecule has 2 atom stereocenters. The molecule has 0 spiro atoms. The first-order valence-corrected chi connectivity index (χ1v) is 10.7. The Labute approximate surface area is 158 Å². The van der Waals surface area contributed by atoms with Crippen LogP contribution in [0.3, 0.4) is 0 Å². The largest absolute Gasteiger partial charge is 0.481 e. The molecule has 1 amide bonds. The number of rotatable bonds is 4. The van der Waals surface area contributed by atoms with Crippen LogP contribution in [0.5, 0.6) is 0 Å². The zero-order valence-electron chi connectivity index (χ0n) is 15.6. The summed E-state index contributed by atoms with van der Waals surface area (Å²) in [6.07, 6.45) is 2.44. The number of aromatic nitrogens is 2. The van der Waals surface area contributed by atoms with Crippen LogP contribution in [0.4, 0.5) is 0 Å². The number of hydrogen-bond acceptors (Lipinski definition) is 5. The summed E-state index contributed by atoms with van der Waals surface area (Å²) in [4.78, 5) is 25.9. The number of carbonyl (C=O) groups excluding carboxylic acids is 1. The number of likely N-dealkylation sites (tertiary alicyclic amines) is 1. The predicted octanol–water partition coefficient (Wildman–Crippen LogP) is 0.750. The number of nitrogens with one attached hydrogen (secondary N) is 1. The van der Waals surface area contributed by atoms with E-state index < -0.39 is 27.8 Å². The average molecular weight is 398 g/mol. The van der Waals surface area contributed by atoms with Crippen molar-refractivity contribution in [3.63, 3.8) is 0 Å². The number of H-pyrrole nitrogens is 1.